The third-order valence-electron chi connectivity index (χ3n) is 3.26. The van der Waals surface area contributed by atoms with Gasteiger partial charge in [0.05, 0.1) is 0 Å². The number of rotatable bonds is 7. The number of hydrogen-bond donors (Lipinski definition) is 2. The number of carbonyl (C=O) groups excluding carboxylic acids is 1. The molecule has 22 heavy (non-hydrogen) atoms. The Morgan fingerprint density at radius 3 is 2.18 bits per heavy atom. The minimum atomic E-state index is -3.84. The van der Waals surface area contributed by atoms with Gasteiger partial charge in [-0.2, -0.15) is 17.0 Å². The fraction of sp³-hybridized carbons (Fsp3) is 0.500. The first kappa shape index (κ1) is 18.6. The van der Waals surface area contributed by atoms with Gasteiger partial charge in [-0.05, 0) is 11.5 Å². The molecule has 7 nitrogen and oxygen atoms in total. The largest absolute Gasteiger partial charge is 0.289 e. The van der Waals surface area contributed by atoms with Crippen LogP contribution in [-0.2, 0) is 21.5 Å². The Hall–Kier alpha value is -1.48. The number of carbonyl (C=O) groups is 1. The second-order valence-corrected chi connectivity index (χ2v) is 7.58. The van der Waals surface area contributed by atoms with Crippen LogP contribution in [0.5, 0.6) is 0 Å². The third-order valence-corrected chi connectivity index (χ3v) is 5.13. The van der Waals surface area contributed by atoms with Crippen molar-refractivity contribution in [1.82, 2.24) is 14.1 Å². The highest BCUT2D eigenvalue weighted by molar-refractivity contribution is 7.86. The maximum absolute atomic E-state index is 12.6. The second-order valence-electron chi connectivity index (χ2n) is 5.49. The second kappa shape index (κ2) is 7.68. The van der Waals surface area contributed by atoms with E-state index >= 15 is 0 Å². The molecule has 0 saturated heterocycles. The van der Waals surface area contributed by atoms with E-state index in [1.807, 2.05) is 6.07 Å². The van der Waals surface area contributed by atoms with Crippen molar-refractivity contribution < 1.29 is 18.4 Å². The minimum absolute atomic E-state index is 0.0393. The molecule has 0 aliphatic carbocycles. The normalized spacial score (nSPS) is 13.6. The molecule has 1 amide bonds. The molecule has 2 N–H and O–H groups in total. The lowest BCUT2D eigenvalue weighted by Gasteiger charge is -2.33. The maximum atomic E-state index is 12.6. The van der Waals surface area contributed by atoms with Crippen molar-refractivity contribution in [3.8, 4) is 0 Å². The average molecular weight is 329 g/mol. The first-order chi connectivity index (χ1) is 10.2. The molecule has 1 aromatic carbocycles. The lowest BCUT2D eigenvalue weighted by atomic mass is 10.0. The molecule has 8 heteroatoms. The number of amides is 1. The van der Waals surface area contributed by atoms with Gasteiger partial charge in [-0.15, -0.1) is 0 Å². The molecule has 0 heterocycles. The van der Waals surface area contributed by atoms with E-state index in [2.05, 4.69) is 0 Å². The molecular weight excluding hydrogens is 306 g/mol. The van der Waals surface area contributed by atoms with Crippen LogP contribution in [0, 0.1) is 5.92 Å². The predicted octanol–water partition coefficient (Wildman–Crippen LogP) is 0.825. The molecule has 0 radical (unpaired) electrons. The first-order valence-electron chi connectivity index (χ1n) is 6.89. The van der Waals surface area contributed by atoms with E-state index in [0.29, 0.717) is 0 Å². The van der Waals surface area contributed by atoms with Gasteiger partial charge in [0.15, 0.2) is 0 Å². The molecule has 0 bridgehead atoms. The predicted molar refractivity (Wildman–Crippen MR) is 83.1 cm³/mol. The van der Waals surface area contributed by atoms with E-state index in [-0.39, 0.29) is 12.5 Å². The highest BCUT2D eigenvalue weighted by atomic mass is 32.2. The van der Waals surface area contributed by atoms with Crippen molar-refractivity contribution in [3.05, 3.63) is 35.9 Å². The van der Waals surface area contributed by atoms with E-state index in [9.17, 15) is 13.2 Å². The van der Waals surface area contributed by atoms with Crippen LogP contribution >= 0.6 is 0 Å². The van der Waals surface area contributed by atoms with Crippen LogP contribution in [-0.4, -0.2) is 48.3 Å². The Kier molecular flexibility index (Phi) is 6.48. The highest BCUT2D eigenvalue weighted by Crippen LogP contribution is 2.20. The number of nitrogens with zero attached hydrogens (tertiary/aromatic N) is 2. The summed E-state index contributed by atoms with van der Waals surface area (Å²) in [5.41, 5.74) is 2.31. The minimum Gasteiger partial charge on any atom is -0.289 e. The van der Waals surface area contributed by atoms with Gasteiger partial charge in [-0.1, -0.05) is 44.2 Å². The van der Waals surface area contributed by atoms with Crippen LogP contribution < -0.4 is 5.48 Å². The van der Waals surface area contributed by atoms with Crippen molar-refractivity contribution in [2.45, 2.75) is 26.4 Å². The Bertz CT molecular complexity index is 587. The van der Waals surface area contributed by atoms with Gasteiger partial charge in [0.2, 0.25) is 0 Å². The molecule has 124 valence electrons. The molecule has 1 rings (SSSR count). The zero-order chi connectivity index (χ0) is 16.9. The van der Waals surface area contributed by atoms with E-state index < -0.39 is 22.2 Å². The zero-order valence-corrected chi connectivity index (χ0v) is 14.0. The highest BCUT2D eigenvalue weighted by Gasteiger charge is 2.38. The van der Waals surface area contributed by atoms with Crippen LogP contribution in [0.25, 0.3) is 0 Å². The van der Waals surface area contributed by atoms with Crippen molar-refractivity contribution in [2.24, 2.45) is 5.92 Å². The summed E-state index contributed by atoms with van der Waals surface area (Å²) in [6.07, 6.45) is 0. The zero-order valence-electron chi connectivity index (χ0n) is 13.2. The van der Waals surface area contributed by atoms with Gasteiger partial charge in [0.25, 0.3) is 16.1 Å². The van der Waals surface area contributed by atoms with Crippen LogP contribution in [0.3, 0.4) is 0 Å². The van der Waals surface area contributed by atoms with Crippen LogP contribution in [0.2, 0.25) is 0 Å². The topological polar surface area (TPSA) is 90.0 Å². The summed E-state index contributed by atoms with van der Waals surface area (Å²) in [6.45, 7) is 3.49. The monoisotopic (exact) mass is 329 g/mol. The SMILES string of the molecule is CC(C)C(C(=O)NO)N(Cc1ccccc1)S(=O)(=O)N(C)C. The van der Waals surface area contributed by atoms with E-state index in [1.54, 1.807) is 43.6 Å². The van der Waals surface area contributed by atoms with Gasteiger partial charge in [0, 0.05) is 20.6 Å². The molecule has 0 aliphatic rings. The quantitative estimate of drug-likeness (QED) is 0.572. The molecule has 0 saturated carbocycles. The van der Waals surface area contributed by atoms with E-state index in [1.165, 1.54) is 14.1 Å². The molecule has 0 aromatic heterocycles. The van der Waals surface area contributed by atoms with Gasteiger partial charge in [-0.25, -0.2) is 5.48 Å². The average Bonchev–Trinajstić information content (AvgIpc) is 2.46. The van der Waals surface area contributed by atoms with Crippen molar-refractivity contribution >= 4 is 16.1 Å². The van der Waals surface area contributed by atoms with Gasteiger partial charge in [-0.3, -0.25) is 10.0 Å². The molecule has 0 spiro atoms. The van der Waals surface area contributed by atoms with Gasteiger partial charge >= 0.3 is 0 Å². The molecular formula is C14H23N3O4S. The number of nitrogens with one attached hydrogen (secondary N) is 1. The standard InChI is InChI=1S/C14H23N3O4S/c1-11(2)13(14(18)15-19)17(22(20,21)16(3)4)10-12-8-6-5-7-9-12/h5-9,11,13,19H,10H2,1-4H3,(H,15,18). The fourth-order valence-corrected chi connectivity index (χ4v) is 3.49. The smallest absolute Gasteiger partial charge is 0.282 e. The van der Waals surface area contributed by atoms with Crippen molar-refractivity contribution in [3.63, 3.8) is 0 Å². The maximum Gasteiger partial charge on any atom is 0.282 e. The number of benzene rings is 1. The molecule has 1 atom stereocenters. The van der Waals surface area contributed by atoms with Crippen molar-refractivity contribution in [1.29, 1.82) is 0 Å². The fourth-order valence-electron chi connectivity index (χ4n) is 2.13. The van der Waals surface area contributed by atoms with Crippen molar-refractivity contribution in [2.75, 3.05) is 14.1 Å². The molecule has 1 unspecified atom stereocenters. The van der Waals surface area contributed by atoms with Crippen LogP contribution in [0.1, 0.15) is 19.4 Å². The summed E-state index contributed by atoms with van der Waals surface area (Å²) < 4.78 is 27.3. The van der Waals surface area contributed by atoms with Gasteiger partial charge in [0.1, 0.15) is 6.04 Å². The third kappa shape index (κ3) is 4.26. The summed E-state index contributed by atoms with van der Waals surface area (Å²) in [6, 6.07) is 7.98. The van der Waals surface area contributed by atoms with E-state index in [0.717, 1.165) is 14.2 Å². The summed E-state index contributed by atoms with van der Waals surface area (Å²) >= 11 is 0. The summed E-state index contributed by atoms with van der Waals surface area (Å²) in [5, 5.41) is 8.94. The first-order valence-corrected chi connectivity index (χ1v) is 8.28. The summed E-state index contributed by atoms with van der Waals surface area (Å²) in [4.78, 5) is 12.0. The lowest BCUT2D eigenvalue weighted by Crippen LogP contribution is -2.54. The molecule has 0 aliphatic heterocycles. The Balaban J connectivity index is 3.29. The van der Waals surface area contributed by atoms with E-state index in [4.69, 9.17) is 5.21 Å². The Morgan fingerprint density at radius 1 is 1.23 bits per heavy atom. The van der Waals surface area contributed by atoms with Crippen LogP contribution in [0.15, 0.2) is 30.3 Å². The van der Waals surface area contributed by atoms with Crippen LogP contribution in [0.4, 0.5) is 0 Å². The summed E-state index contributed by atoms with van der Waals surface area (Å²) in [7, 11) is -1.03. The number of hydrogen-bond acceptors (Lipinski definition) is 4. The lowest BCUT2D eigenvalue weighted by molar-refractivity contribution is -0.134. The Labute approximate surface area is 131 Å². The molecule has 1 aromatic rings. The Morgan fingerprint density at radius 2 is 1.77 bits per heavy atom. The molecule has 0 fully saturated rings. The van der Waals surface area contributed by atoms with Gasteiger partial charge < -0.3 is 0 Å². The number of hydroxylamine groups is 1. The summed E-state index contributed by atoms with van der Waals surface area (Å²) in [5.74, 6) is -1.07.